The van der Waals surface area contributed by atoms with Crippen LogP contribution in [-0.2, 0) is 6.54 Å². The van der Waals surface area contributed by atoms with E-state index in [9.17, 15) is 14.5 Å². The first-order valence-electron chi connectivity index (χ1n) is 6.35. The average Bonchev–Trinajstić information content (AvgIpc) is 2.97. The van der Waals surface area contributed by atoms with E-state index in [0.717, 1.165) is 12.5 Å². The van der Waals surface area contributed by atoms with Gasteiger partial charge in [-0.25, -0.2) is 4.39 Å². The maximum atomic E-state index is 13.8. The number of nitro groups is 1. The van der Waals surface area contributed by atoms with E-state index in [2.05, 4.69) is 10.4 Å². The van der Waals surface area contributed by atoms with Gasteiger partial charge in [-0.2, -0.15) is 5.10 Å². The Hall–Kier alpha value is -2.64. The van der Waals surface area contributed by atoms with E-state index >= 15 is 0 Å². The predicted molar refractivity (Wildman–Crippen MR) is 74.9 cm³/mol. The molecule has 1 heterocycles. The second kappa shape index (κ2) is 6.69. The summed E-state index contributed by atoms with van der Waals surface area (Å²) in [5, 5.41) is 17.7. The fourth-order valence-corrected chi connectivity index (χ4v) is 1.88. The fraction of sp³-hybridized carbons (Fsp3) is 0.308. The summed E-state index contributed by atoms with van der Waals surface area (Å²) in [5.41, 5.74) is -0.213. The highest BCUT2D eigenvalue weighted by atomic mass is 19.1. The van der Waals surface area contributed by atoms with Gasteiger partial charge < -0.3 is 10.1 Å². The van der Waals surface area contributed by atoms with Gasteiger partial charge in [0.05, 0.1) is 23.8 Å². The third kappa shape index (κ3) is 3.68. The summed E-state index contributed by atoms with van der Waals surface area (Å²) >= 11 is 0. The van der Waals surface area contributed by atoms with Crippen LogP contribution in [0, 0.1) is 15.9 Å². The molecule has 112 valence electrons. The van der Waals surface area contributed by atoms with Crippen molar-refractivity contribution in [1.82, 2.24) is 9.78 Å². The zero-order chi connectivity index (χ0) is 15.2. The van der Waals surface area contributed by atoms with E-state index < -0.39 is 16.4 Å². The molecule has 0 saturated carbocycles. The van der Waals surface area contributed by atoms with Gasteiger partial charge in [0.1, 0.15) is 0 Å². The standard InChI is InChI=1S/C13H15FN4O3/c1-21-13-9-11(10(14)8-12(13)18(19)20)15-4-2-6-17-7-3-5-16-17/h3,5,7-9,15H,2,4,6H2,1H3. The average molecular weight is 294 g/mol. The first-order chi connectivity index (χ1) is 10.1. The summed E-state index contributed by atoms with van der Waals surface area (Å²) in [4.78, 5) is 10.1. The van der Waals surface area contributed by atoms with Crippen molar-refractivity contribution in [2.75, 3.05) is 19.0 Å². The van der Waals surface area contributed by atoms with Crippen molar-refractivity contribution in [2.45, 2.75) is 13.0 Å². The predicted octanol–water partition coefficient (Wildman–Crippen LogP) is 2.44. The number of rotatable bonds is 7. The van der Waals surface area contributed by atoms with E-state index in [1.54, 1.807) is 10.9 Å². The second-order valence-electron chi connectivity index (χ2n) is 4.31. The van der Waals surface area contributed by atoms with Gasteiger partial charge >= 0.3 is 5.69 Å². The molecule has 0 saturated heterocycles. The van der Waals surface area contributed by atoms with Crippen molar-refractivity contribution in [3.63, 3.8) is 0 Å². The summed E-state index contributed by atoms with van der Waals surface area (Å²) in [6.07, 6.45) is 4.27. The molecule has 8 heteroatoms. The van der Waals surface area contributed by atoms with Crippen molar-refractivity contribution in [2.24, 2.45) is 0 Å². The molecule has 0 aliphatic rings. The van der Waals surface area contributed by atoms with Crippen molar-refractivity contribution in [1.29, 1.82) is 0 Å². The normalized spacial score (nSPS) is 10.4. The maximum Gasteiger partial charge on any atom is 0.313 e. The topological polar surface area (TPSA) is 82.2 Å². The van der Waals surface area contributed by atoms with Gasteiger partial charge in [-0.3, -0.25) is 14.8 Å². The van der Waals surface area contributed by atoms with E-state index in [-0.39, 0.29) is 11.4 Å². The molecule has 0 bridgehead atoms. The van der Waals surface area contributed by atoms with Gasteiger partial charge in [-0.1, -0.05) is 0 Å². The van der Waals surface area contributed by atoms with Crippen LogP contribution < -0.4 is 10.1 Å². The molecule has 0 atom stereocenters. The molecule has 1 N–H and O–H groups in total. The molecule has 0 spiro atoms. The zero-order valence-electron chi connectivity index (χ0n) is 11.5. The first-order valence-corrected chi connectivity index (χ1v) is 6.35. The highest BCUT2D eigenvalue weighted by molar-refractivity contribution is 5.59. The Balaban J connectivity index is 1.98. The lowest BCUT2D eigenvalue weighted by molar-refractivity contribution is -0.385. The lowest BCUT2D eigenvalue weighted by Gasteiger charge is -2.10. The summed E-state index contributed by atoms with van der Waals surface area (Å²) in [6.45, 7) is 1.21. The smallest absolute Gasteiger partial charge is 0.313 e. The molecule has 0 aliphatic carbocycles. The molecule has 1 aromatic heterocycles. The quantitative estimate of drug-likeness (QED) is 0.482. The van der Waals surface area contributed by atoms with Crippen LogP contribution in [0.5, 0.6) is 5.75 Å². The number of anilines is 1. The molecule has 0 radical (unpaired) electrons. The van der Waals surface area contributed by atoms with Gasteiger partial charge in [-0.15, -0.1) is 0 Å². The zero-order valence-corrected chi connectivity index (χ0v) is 11.5. The summed E-state index contributed by atoms with van der Waals surface area (Å²) in [5.74, 6) is -0.655. The molecule has 21 heavy (non-hydrogen) atoms. The highest BCUT2D eigenvalue weighted by Crippen LogP contribution is 2.32. The maximum absolute atomic E-state index is 13.8. The number of aromatic nitrogens is 2. The van der Waals surface area contributed by atoms with Crippen LogP contribution in [0.4, 0.5) is 15.8 Å². The van der Waals surface area contributed by atoms with Crippen LogP contribution in [0.25, 0.3) is 0 Å². The van der Waals surface area contributed by atoms with E-state index in [1.165, 1.54) is 13.2 Å². The monoisotopic (exact) mass is 294 g/mol. The van der Waals surface area contributed by atoms with Crippen LogP contribution in [0.2, 0.25) is 0 Å². The summed E-state index contributed by atoms with van der Waals surface area (Å²) in [7, 11) is 1.31. The van der Waals surface area contributed by atoms with Crippen molar-refractivity contribution >= 4 is 11.4 Å². The lowest BCUT2D eigenvalue weighted by atomic mass is 10.2. The molecule has 0 amide bonds. The minimum atomic E-state index is -0.679. The Morgan fingerprint density at radius 3 is 2.95 bits per heavy atom. The number of nitro benzene ring substituents is 1. The minimum absolute atomic E-state index is 0.0241. The number of halogens is 1. The molecule has 1 aromatic carbocycles. The number of hydrogen-bond donors (Lipinski definition) is 1. The second-order valence-corrected chi connectivity index (χ2v) is 4.31. The van der Waals surface area contributed by atoms with E-state index in [1.807, 2.05) is 12.3 Å². The Bertz CT molecular complexity index is 616. The lowest BCUT2D eigenvalue weighted by Crippen LogP contribution is -2.08. The Kier molecular flexibility index (Phi) is 4.70. The number of ether oxygens (including phenoxy) is 1. The number of methoxy groups -OCH3 is 1. The molecule has 0 aliphatic heterocycles. The van der Waals surface area contributed by atoms with Crippen molar-refractivity contribution in [3.05, 3.63) is 46.5 Å². The van der Waals surface area contributed by atoms with Crippen LogP contribution in [0.1, 0.15) is 6.42 Å². The van der Waals surface area contributed by atoms with Crippen molar-refractivity contribution in [3.8, 4) is 5.75 Å². The first kappa shape index (κ1) is 14.8. The Labute approximate surface area is 120 Å². The van der Waals surface area contributed by atoms with E-state index in [0.29, 0.717) is 13.1 Å². The highest BCUT2D eigenvalue weighted by Gasteiger charge is 2.18. The molecular formula is C13H15FN4O3. The molecule has 7 nitrogen and oxygen atoms in total. The minimum Gasteiger partial charge on any atom is -0.490 e. The van der Waals surface area contributed by atoms with Crippen LogP contribution in [0.15, 0.2) is 30.6 Å². The number of aryl methyl sites for hydroxylation is 1. The molecule has 2 aromatic rings. The fourth-order valence-electron chi connectivity index (χ4n) is 1.88. The summed E-state index contributed by atoms with van der Waals surface area (Å²) < 4.78 is 20.5. The molecule has 2 rings (SSSR count). The number of nitrogens with one attached hydrogen (secondary N) is 1. The SMILES string of the molecule is COc1cc(NCCCn2cccn2)c(F)cc1[N+](=O)[O-]. The van der Waals surface area contributed by atoms with E-state index in [4.69, 9.17) is 4.74 Å². The number of hydrogen-bond acceptors (Lipinski definition) is 5. The van der Waals surface area contributed by atoms with Crippen LogP contribution in [-0.4, -0.2) is 28.4 Å². The Morgan fingerprint density at radius 1 is 1.52 bits per heavy atom. The van der Waals surface area contributed by atoms with Gasteiger partial charge in [0, 0.05) is 31.5 Å². The number of benzene rings is 1. The Morgan fingerprint density at radius 2 is 2.33 bits per heavy atom. The summed E-state index contributed by atoms with van der Waals surface area (Å²) in [6, 6.07) is 3.98. The number of nitrogens with zero attached hydrogens (tertiary/aromatic N) is 3. The third-order valence-electron chi connectivity index (χ3n) is 2.90. The molecule has 0 unspecified atom stereocenters. The molecular weight excluding hydrogens is 279 g/mol. The largest absolute Gasteiger partial charge is 0.490 e. The van der Waals surface area contributed by atoms with Gasteiger partial charge in [-0.05, 0) is 12.5 Å². The van der Waals surface area contributed by atoms with Gasteiger partial charge in [0.2, 0.25) is 0 Å². The van der Waals surface area contributed by atoms with Crippen molar-refractivity contribution < 1.29 is 14.1 Å². The van der Waals surface area contributed by atoms with Crippen LogP contribution in [0.3, 0.4) is 0 Å². The van der Waals surface area contributed by atoms with Gasteiger partial charge in [0.15, 0.2) is 11.6 Å². The van der Waals surface area contributed by atoms with Crippen LogP contribution >= 0.6 is 0 Å². The molecule has 0 fully saturated rings. The van der Waals surface area contributed by atoms with Gasteiger partial charge in [0.25, 0.3) is 0 Å². The third-order valence-corrected chi connectivity index (χ3v) is 2.90.